The highest BCUT2D eigenvalue weighted by Crippen LogP contribution is 2.32. The van der Waals surface area contributed by atoms with E-state index in [2.05, 4.69) is 10.0 Å². The first-order valence-electron chi connectivity index (χ1n) is 7.71. The van der Waals surface area contributed by atoms with Gasteiger partial charge in [0.25, 0.3) is 10.0 Å². The van der Waals surface area contributed by atoms with Gasteiger partial charge in [-0.05, 0) is 36.2 Å². The fourth-order valence-electron chi connectivity index (χ4n) is 2.24. The summed E-state index contributed by atoms with van der Waals surface area (Å²) in [5.74, 6) is 0.899. The second-order valence-electron chi connectivity index (χ2n) is 5.36. The number of carbonyl (C=O) groups is 1. The highest BCUT2D eigenvalue weighted by molar-refractivity contribution is 7.91. The zero-order valence-corrected chi connectivity index (χ0v) is 15.2. The number of ether oxygens (including phenoxy) is 2. The average molecular weight is 382 g/mol. The third-order valence-electron chi connectivity index (χ3n) is 3.60. The van der Waals surface area contributed by atoms with Crippen molar-refractivity contribution in [2.75, 3.05) is 13.3 Å². The second-order valence-corrected chi connectivity index (χ2v) is 8.53. The third kappa shape index (κ3) is 4.30. The van der Waals surface area contributed by atoms with Crippen molar-refractivity contribution in [1.82, 2.24) is 10.0 Å². The van der Waals surface area contributed by atoms with Gasteiger partial charge in [-0.15, -0.1) is 11.3 Å². The minimum atomic E-state index is -3.66. The molecule has 0 saturated heterocycles. The number of hydrogen-bond acceptors (Lipinski definition) is 6. The highest BCUT2D eigenvalue weighted by Gasteiger charge is 2.18. The van der Waals surface area contributed by atoms with Gasteiger partial charge >= 0.3 is 0 Å². The lowest BCUT2D eigenvalue weighted by Crippen LogP contribution is -2.36. The van der Waals surface area contributed by atoms with Crippen LogP contribution < -0.4 is 19.5 Å². The zero-order chi connectivity index (χ0) is 17.9. The number of nitrogens with one attached hydrogen (secondary N) is 2. The van der Waals surface area contributed by atoms with Crippen molar-refractivity contribution >= 4 is 27.3 Å². The quantitative estimate of drug-likeness (QED) is 0.759. The van der Waals surface area contributed by atoms with E-state index in [1.807, 2.05) is 13.0 Å². The van der Waals surface area contributed by atoms with Gasteiger partial charge in [-0.25, -0.2) is 13.1 Å². The van der Waals surface area contributed by atoms with E-state index in [0.29, 0.717) is 11.5 Å². The van der Waals surface area contributed by atoms with Gasteiger partial charge in [0.1, 0.15) is 4.21 Å². The van der Waals surface area contributed by atoms with Gasteiger partial charge in [-0.1, -0.05) is 13.0 Å². The van der Waals surface area contributed by atoms with Crippen molar-refractivity contribution in [1.29, 1.82) is 0 Å². The van der Waals surface area contributed by atoms with E-state index in [1.54, 1.807) is 24.3 Å². The molecule has 134 valence electrons. The fourth-order valence-corrected chi connectivity index (χ4v) is 4.56. The molecule has 0 fully saturated rings. The summed E-state index contributed by atoms with van der Waals surface area (Å²) < 4.78 is 37.3. The van der Waals surface area contributed by atoms with E-state index in [9.17, 15) is 13.2 Å². The molecule has 0 unspecified atom stereocenters. The molecular formula is C16H18N2O5S2. The van der Waals surface area contributed by atoms with E-state index in [4.69, 9.17) is 9.47 Å². The maximum absolute atomic E-state index is 12.2. The summed E-state index contributed by atoms with van der Waals surface area (Å²) in [7, 11) is -3.66. The lowest BCUT2D eigenvalue weighted by molar-refractivity contribution is -0.120. The Morgan fingerprint density at radius 1 is 1.20 bits per heavy atom. The minimum Gasteiger partial charge on any atom is -0.454 e. The molecule has 2 N–H and O–H groups in total. The van der Waals surface area contributed by atoms with Gasteiger partial charge in [0.05, 0.1) is 6.54 Å². The molecule has 9 heteroatoms. The highest BCUT2D eigenvalue weighted by atomic mass is 32.2. The molecule has 1 amide bonds. The molecule has 1 aromatic heterocycles. The Kier molecular flexibility index (Phi) is 5.26. The standard InChI is InChI=1S/C16H18N2O5S2/c1-2-12-4-6-16(24-12)25(20,21)18-9-15(19)17-8-11-3-5-13-14(7-11)23-10-22-13/h3-7,18H,2,8-10H2,1H3,(H,17,19). The van der Waals surface area contributed by atoms with E-state index in [-0.39, 0.29) is 24.1 Å². The van der Waals surface area contributed by atoms with Crippen LogP contribution in [0.1, 0.15) is 17.4 Å². The Labute approximate surface area is 150 Å². The summed E-state index contributed by atoms with van der Waals surface area (Å²) in [6, 6.07) is 8.70. The van der Waals surface area contributed by atoms with Crippen molar-refractivity contribution < 1.29 is 22.7 Å². The summed E-state index contributed by atoms with van der Waals surface area (Å²) >= 11 is 1.21. The number of rotatable bonds is 7. The van der Waals surface area contributed by atoms with Crippen LogP contribution in [0.5, 0.6) is 11.5 Å². The van der Waals surface area contributed by atoms with Crippen LogP contribution in [-0.4, -0.2) is 27.7 Å². The number of sulfonamides is 1. The Hall–Kier alpha value is -2.10. The first kappa shape index (κ1) is 17.7. The molecule has 1 aliphatic rings. The molecule has 1 aliphatic heterocycles. The van der Waals surface area contributed by atoms with Gasteiger partial charge in [0.2, 0.25) is 12.7 Å². The lowest BCUT2D eigenvalue weighted by Gasteiger charge is -2.07. The molecule has 0 atom stereocenters. The first-order chi connectivity index (χ1) is 12.0. The van der Waals surface area contributed by atoms with E-state index < -0.39 is 15.9 Å². The van der Waals surface area contributed by atoms with Crippen molar-refractivity contribution in [3.05, 3.63) is 40.8 Å². The van der Waals surface area contributed by atoms with Gasteiger partial charge in [0, 0.05) is 11.4 Å². The smallest absolute Gasteiger partial charge is 0.250 e. The summed E-state index contributed by atoms with van der Waals surface area (Å²) in [6.45, 7) is 2.11. The number of carbonyl (C=O) groups excluding carboxylic acids is 1. The van der Waals surface area contributed by atoms with E-state index in [0.717, 1.165) is 16.9 Å². The van der Waals surface area contributed by atoms with Crippen molar-refractivity contribution in [2.24, 2.45) is 0 Å². The lowest BCUT2D eigenvalue weighted by atomic mass is 10.2. The van der Waals surface area contributed by atoms with Crippen molar-refractivity contribution in [3.8, 4) is 11.5 Å². The van der Waals surface area contributed by atoms with Crippen LogP contribution in [0.25, 0.3) is 0 Å². The van der Waals surface area contributed by atoms with Crippen molar-refractivity contribution in [2.45, 2.75) is 24.1 Å². The predicted molar refractivity (Wildman–Crippen MR) is 93.3 cm³/mol. The Balaban J connectivity index is 1.51. The zero-order valence-electron chi connectivity index (χ0n) is 13.6. The number of benzene rings is 1. The number of amides is 1. The maximum atomic E-state index is 12.2. The number of fused-ring (bicyclic) bond motifs is 1. The van der Waals surface area contributed by atoms with Crippen LogP contribution in [0.3, 0.4) is 0 Å². The van der Waals surface area contributed by atoms with Gasteiger partial charge in [-0.2, -0.15) is 0 Å². The minimum absolute atomic E-state index is 0.190. The van der Waals surface area contributed by atoms with E-state index >= 15 is 0 Å². The van der Waals surface area contributed by atoms with Crippen LogP contribution >= 0.6 is 11.3 Å². The van der Waals surface area contributed by atoms with E-state index in [1.165, 1.54) is 11.3 Å². The molecule has 7 nitrogen and oxygen atoms in total. The molecule has 0 aliphatic carbocycles. The summed E-state index contributed by atoms with van der Waals surface area (Å²) in [6.07, 6.45) is 0.774. The summed E-state index contributed by atoms with van der Waals surface area (Å²) in [4.78, 5) is 12.9. The van der Waals surface area contributed by atoms with Gasteiger partial charge in [0.15, 0.2) is 11.5 Å². The Morgan fingerprint density at radius 3 is 2.76 bits per heavy atom. The Morgan fingerprint density at radius 2 is 2.00 bits per heavy atom. The fraction of sp³-hybridized carbons (Fsp3) is 0.312. The molecule has 0 spiro atoms. The normalized spacial score (nSPS) is 13.0. The van der Waals surface area contributed by atoms with Crippen LogP contribution in [0.4, 0.5) is 0 Å². The third-order valence-corrected chi connectivity index (χ3v) is 6.72. The predicted octanol–water partition coefficient (Wildman–Crippen LogP) is 1.63. The van der Waals surface area contributed by atoms with Crippen LogP contribution in [0.15, 0.2) is 34.5 Å². The van der Waals surface area contributed by atoms with Gasteiger partial charge in [-0.3, -0.25) is 4.79 Å². The maximum Gasteiger partial charge on any atom is 0.250 e. The molecule has 2 aromatic rings. The Bertz CT molecular complexity index is 876. The molecule has 0 bridgehead atoms. The average Bonchev–Trinajstić information content (AvgIpc) is 3.26. The SMILES string of the molecule is CCc1ccc(S(=O)(=O)NCC(=O)NCc2ccc3c(c2)OCO3)s1. The van der Waals surface area contributed by atoms with Crippen LogP contribution in [-0.2, 0) is 27.8 Å². The topological polar surface area (TPSA) is 93.7 Å². The molecule has 3 rings (SSSR count). The number of aryl methyl sites for hydroxylation is 1. The van der Waals surface area contributed by atoms with Crippen LogP contribution in [0, 0.1) is 0 Å². The molecular weight excluding hydrogens is 364 g/mol. The molecule has 25 heavy (non-hydrogen) atoms. The molecule has 0 saturated carbocycles. The van der Waals surface area contributed by atoms with Crippen molar-refractivity contribution in [3.63, 3.8) is 0 Å². The number of hydrogen-bond donors (Lipinski definition) is 2. The molecule has 1 aromatic carbocycles. The monoisotopic (exact) mass is 382 g/mol. The second kappa shape index (κ2) is 7.42. The largest absolute Gasteiger partial charge is 0.454 e. The summed E-state index contributed by atoms with van der Waals surface area (Å²) in [5, 5.41) is 2.67. The first-order valence-corrected chi connectivity index (χ1v) is 10.0. The number of thiophene rings is 1. The molecule has 2 heterocycles. The summed E-state index contributed by atoms with van der Waals surface area (Å²) in [5.41, 5.74) is 0.839. The van der Waals surface area contributed by atoms with Crippen LogP contribution in [0.2, 0.25) is 0 Å². The molecule has 0 radical (unpaired) electrons. The van der Waals surface area contributed by atoms with Gasteiger partial charge < -0.3 is 14.8 Å².